The zero-order valence-electron chi connectivity index (χ0n) is 13.4. The first kappa shape index (κ1) is 16.8. The van der Waals surface area contributed by atoms with Crippen molar-refractivity contribution in [2.75, 3.05) is 16.8 Å². The van der Waals surface area contributed by atoms with Crippen molar-refractivity contribution in [2.24, 2.45) is 0 Å². The van der Waals surface area contributed by atoms with Crippen LogP contribution in [0.4, 0.5) is 16.2 Å². The first-order valence-corrected chi connectivity index (χ1v) is 7.46. The fraction of sp³-hybridized carbons (Fsp3) is 0.438. The molecule has 0 fully saturated rings. The number of anilines is 2. The third-order valence-electron chi connectivity index (χ3n) is 3.86. The van der Waals surface area contributed by atoms with Crippen LogP contribution in [0.3, 0.4) is 0 Å². The monoisotopic (exact) mass is 319 g/mol. The molecule has 2 amide bonds. The molecule has 1 aliphatic heterocycles. The second kappa shape index (κ2) is 6.68. The van der Waals surface area contributed by atoms with Crippen LogP contribution in [0.15, 0.2) is 18.2 Å². The Bertz CT molecular complexity index is 644. The average Bonchev–Trinajstić information content (AvgIpc) is 2.44. The van der Waals surface area contributed by atoms with Gasteiger partial charge in [-0.1, -0.05) is 0 Å². The van der Waals surface area contributed by atoms with Crippen LogP contribution in [0.25, 0.3) is 0 Å². The van der Waals surface area contributed by atoms with Crippen LogP contribution in [-0.2, 0) is 9.59 Å². The van der Waals surface area contributed by atoms with E-state index in [4.69, 9.17) is 5.11 Å². The van der Waals surface area contributed by atoms with Gasteiger partial charge >= 0.3 is 6.09 Å². The van der Waals surface area contributed by atoms with E-state index in [0.717, 1.165) is 5.56 Å². The maximum absolute atomic E-state index is 11.9. The molecule has 0 saturated heterocycles. The first-order chi connectivity index (χ1) is 10.8. The Balaban J connectivity index is 2.41. The number of ketones is 1. The van der Waals surface area contributed by atoms with Crippen LogP contribution in [0.5, 0.6) is 0 Å². The molecule has 0 saturated carbocycles. The molecule has 7 nitrogen and oxygen atoms in total. The summed E-state index contributed by atoms with van der Waals surface area (Å²) in [4.78, 5) is 35.7. The molecule has 124 valence electrons. The van der Waals surface area contributed by atoms with Gasteiger partial charge in [-0.15, -0.1) is 0 Å². The normalized spacial score (nSPS) is 19.7. The highest BCUT2D eigenvalue weighted by molar-refractivity contribution is 5.94. The molecule has 0 spiro atoms. The zero-order valence-corrected chi connectivity index (χ0v) is 13.4. The molecule has 1 heterocycles. The van der Waals surface area contributed by atoms with Gasteiger partial charge in [0.25, 0.3) is 0 Å². The third-order valence-corrected chi connectivity index (χ3v) is 3.86. The molecule has 3 N–H and O–H groups in total. The number of carbonyl (C=O) groups excluding carboxylic acids is 2. The Kier molecular flexibility index (Phi) is 4.88. The van der Waals surface area contributed by atoms with E-state index in [1.165, 1.54) is 13.8 Å². The summed E-state index contributed by atoms with van der Waals surface area (Å²) < 4.78 is 0. The number of carbonyl (C=O) groups is 3. The Hall–Kier alpha value is -2.57. The maximum atomic E-state index is 11.9. The number of fused-ring (bicyclic) bond motifs is 1. The van der Waals surface area contributed by atoms with Crippen LogP contribution in [0, 0.1) is 0 Å². The second-order valence-electron chi connectivity index (χ2n) is 5.80. The minimum Gasteiger partial charge on any atom is -0.465 e. The molecular weight excluding hydrogens is 298 g/mol. The van der Waals surface area contributed by atoms with E-state index < -0.39 is 12.1 Å². The Morgan fingerprint density at radius 1 is 1.30 bits per heavy atom. The zero-order chi connectivity index (χ0) is 17.1. The molecular formula is C16H21N3O4. The summed E-state index contributed by atoms with van der Waals surface area (Å²) in [6, 6.07) is 4.86. The van der Waals surface area contributed by atoms with E-state index in [1.54, 1.807) is 23.1 Å². The number of nitrogens with one attached hydrogen (secondary N) is 2. The largest absolute Gasteiger partial charge is 0.465 e. The summed E-state index contributed by atoms with van der Waals surface area (Å²) in [6.07, 6.45) is -0.610. The van der Waals surface area contributed by atoms with Gasteiger partial charge in [0.05, 0.1) is 12.6 Å². The molecule has 1 aromatic rings. The van der Waals surface area contributed by atoms with Crippen molar-refractivity contribution in [1.82, 2.24) is 5.32 Å². The molecule has 0 bridgehead atoms. The summed E-state index contributed by atoms with van der Waals surface area (Å²) in [5.74, 6) is -0.0844. The molecule has 2 atom stereocenters. The van der Waals surface area contributed by atoms with Crippen molar-refractivity contribution in [3.8, 4) is 0 Å². The molecule has 23 heavy (non-hydrogen) atoms. The van der Waals surface area contributed by atoms with Gasteiger partial charge in [0.1, 0.15) is 5.78 Å². The second-order valence-corrected chi connectivity index (χ2v) is 5.80. The van der Waals surface area contributed by atoms with Gasteiger partial charge in [-0.25, -0.2) is 4.79 Å². The van der Waals surface area contributed by atoms with Crippen LogP contribution in [-0.4, -0.2) is 35.5 Å². The van der Waals surface area contributed by atoms with E-state index in [0.29, 0.717) is 17.8 Å². The fourth-order valence-corrected chi connectivity index (χ4v) is 2.97. The van der Waals surface area contributed by atoms with E-state index in [2.05, 4.69) is 10.6 Å². The van der Waals surface area contributed by atoms with Crippen molar-refractivity contribution in [3.63, 3.8) is 0 Å². The van der Waals surface area contributed by atoms with Crippen LogP contribution in [0.1, 0.15) is 38.8 Å². The Morgan fingerprint density at radius 2 is 2.00 bits per heavy atom. The van der Waals surface area contributed by atoms with Gasteiger partial charge in [-0.05, 0) is 38.5 Å². The predicted molar refractivity (Wildman–Crippen MR) is 86.8 cm³/mol. The van der Waals surface area contributed by atoms with E-state index in [1.807, 2.05) is 6.92 Å². The number of amides is 2. The predicted octanol–water partition coefficient (Wildman–Crippen LogP) is 2.14. The standard InChI is InChI=1S/C16H21N3O4/c1-9-6-14(18-16(22)23)13-7-12(17-8-10(2)20)4-5-15(13)19(9)11(3)21/h4-5,7,9,14,17-18H,6,8H2,1-3H3,(H,22,23)/t9-,14+/m0/s1. The number of Topliss-reactive ketones (excluding diaryl/α,β-unsaturated/α-hetero) is 1. The quantitative estimate of drug-likeness (QED) is 0.789. The summed E-state index contributed by atoms with van der Waals surface area (Å²) >= 11 is 0. The lowest BCUT2D eigenvalue weighted by molar-refractivity contribution is -0.117. The minimum atomic E-state index is -1.11. The number of carboxylic acid groups (broad SMARTS) is 1. The number of rotatable bonds is 4. The SMILES string of the molecule is CC(=O)CNc1ccc2c(c1)[C@H](NC(=O)O)C[C@H](C)N2C(C)=O. The maximum Gasteiger partial charge on any atom is 0.405 e. The minimum absolute atomic E-state index is 0.00177. The van der Waals surface area contributed by atoms with Gasteiger partial charge in [0, 0.05) is 29.9 Å². The first-order valence-electron chi connectivity index (χ1n) is 7.46. The highest BCUT2D eigenvalue weighted by Gasteiger charge is 2.33. The van der Waals surface area contributed by atoms with Crippen molar-refractivity contribution in [2.45, 2.75) is 39.3 Å². The topological polar surface area (TPSA) is 98.7 Å². The Morgan fingerprint density at radius 3 is 2.57 bits per heavy atom. The van der Waals surface area contributed by atoms with Gasteiger partial charge < -0.3 is 20.6 Å². The third kappa shape index (κ3) is 3.80. The van der Waals surface area contributed by atoms with E-state index in [9.17, 15) is 14.4 Å². The summed E-state index contributed by atoms with van der Waals surface area (Å²) in [7, 11) is 0. The number of nitrogens with zero attached hydrogens (tertiary/aromatic N) is 1. The summed E-state index contributed by atoms with van der Waals surface area (Å²) in [5.41, 5.74) is 2.15. The smallest absolute Gasteiger partial charge is 0.405 e. The van der Waals surface area contributed by atoms with Crippen molar-refractivity contribution in [1.29, 1.82) is 0 Å². The molecule has 2 rings (SSSR count). The molecule has 1 aliphatic rings. The molecule has 0 aliphatic carbocycles. The van der Waals surface area contributed by atoms with E-state index in [-0.39, 0.29) is 24.3 Å². The van der Waals surface area contributed by atoms with Crippen LogP contribution < -0.4 is 15.5 Å². The lowest BCUT2D eigenvalue weighted by atomic mass is 9.91. The number of benzene rings is 1. The van der Waals surface area contributed by atoms with E-state index >= 15 is 0 Å². The van der Waals surface area contributed by atoms with Crippen molar-refractivity contribution < 1.29 is 19.5 Å². The fourth-order valence-electron chi connectivity index (χ4n) is 2.97. The average molecular weight is 319 g/mol. The molecule has 7 heteroatoms. The lowest BCUT2D eigenvalue weighted by Gasteiger charge is -2.39. The van der Waals surface area contributed by atoms with Crippen molar-refractivity contribution >= 4 is 29.2 Å². The molecule has 1 aromatic carbocycles. The molecule has 0 radical (unpaired) electrons. The molecule has 0 aromatic heterocycles. The van der Waals surface area contributed by atoms with Crippen molar-refractivity contribution in [3.05, 3.63) is 23.8 Å². The van der Waals surface area contributed by atoms with Gasteiger partial charge in [-0.2, -0.15) is 0 Å². The van der Waals surface area contributed by atoms with Gasteiger partial charge in [0.15, 0.2) is 0 Å². The summed E-state index contributed by atoms with van der Waals surface area (Å²) in [5, 5.41) is 14.5. The number of hydrogen-bond acceptors (Lipinski definition) is 4. The van der Waals surface area contributed by atoms with Gasteiger partial charge in [0.2, 0.25) is 5.91 Å². The summed E-state index contributed by atoms with van der Waals surface area (Å²) in [6.45, 7) is 5.07. The van der Waals surface area contributed by atoms with Crippen LogP contribution >= 0.6 is 0 Å². The van der Waals surface area contributed by atoms with Crippen LogP contribution in [0.2, 0.25) is 0 Å². The lowest BCUT2D eigenvalue weighted by Crippen LogP contribution is -2.45. The highest BCUT2D eigenvalue weighted by Crippen LogP contribution is 2.38. The molecule has 0 unspecified atom stereocenters. The highest BCUT2D eigenvalue weighted by atomic mass is 16.4. The van der Waals surface area contributed by atoms with Gasteiger partial charge in [-0.3, -0.25) is 9.59 Å². The number of hydrogen-bond donors (Lipinski definition) is 3. The Labute approximate surface area is 134 Å².